The largest absolute Gasteiger partial charge is 0.404 e. The molecule has 0 heterocycles. The average molecular weight is 288 g/mol. The van der Waals surface area contributed by atoms with E-state index in [1.807, 2.05) is 0 Å². The predicted molar refractivity (Wildman–Crippen MR) is 92.7 cm³/mol. The summed E-state index contributed by atoms with van der Waals surface area (Å²) in [5.41, 5.74) is 2.47. The van der Waals surface area contributed by atoms with Crippen LogP contribution in [0.4, 0.5) is 5.69 Å². The Morgan fingerprint density at radius 2 is 1.10 bits per heavy atom. The van der Waals surface area contributed by atoms with Crippen molar-refractivity contribution in [3.05, 3.63) is 90.5 Å². The van der Waals surface area contributed by atoms with Gasteiger partial charge in [-0.25, -0.2) is 0 Å². The summed E-state index contributed by atoms with van der Waals surface area (Å²) in [7, 11) is -1.01. The van der Waals surface area contributed by atoms with Crippen LogP contribution in [-0.4, -0.2) is 8.96 Å². The van der Waals surface area contributed by atoms with Crippen LogP contribution in [0.15, 0.2) is 84.9 Å². The summed E-state index contributed by atoms with van der Waals surface area (Å²) in [6, 6.07) is 30.0. The molecule has 1 radical (unpaired) electrons. The molecule has 0 unspecified atom stereocenters. The SMILES string of the molecule is Cc1ccc(N[Si](c2ccccc2)c2ccccc2)cc1. The molecule has 2 heteroatoms. The molecule has 0 aliphatic rings. The van der Waals surface area contributed by atoms with Crippen LogP contribution in [0, 0.1) is 6.92 Å². The van der Waals surface area contributed by atoms with Crippen LogP contribution >= 0.6 is 0 Å². The molecule has 0 aromatic heterocycles. The number of aryl methyl sites for hydroxylation is 1. The van der Waals surface area contributed by atoms with E-state index in [-0.39, 0.29) is 0 Å². The van der Waals surface area contributed by atoms with E-state index in [1.54, 1.807) is 0 Å². The van der Waals surface area contributed by atoms with Gasteiger partial charge in [0, 0.05) is 5.69 Å². The Kier molecular flexibility index (Phi) is 4.17. The molecule has 3 aromatic carbocycles. The summed E-state index contributed by atoms with van der Waals surface area (Å²) in [5.74, 6) is 0. The first kappa shape index (κ1) is 13.7. The summed E-state index contributed by atoms with van der Waals surface area (Å²) in [6.45, 7) is 2.12. The molecular formula is C19H18NSi. The average Bonchev–Trinajstić information content (AvgIpc) is 2.56. The smallest absolute Gasteiger partial charge is 0.239 e. The van der Waals surface area contributed by atoms with Gasteiger partial charge in [-0.15, -0.1) is 0 Å². The number of benzene rings is 3. The van der Waals surface area contributed by atoms with E-state index in [9.17, 15) is 0 Å². The van der Waals surface area contributed by atoms with Crippen molar-refractivity contribution in [2.24, 2.45) is 0 Å². The molecule has 0 bridgehead atoms. The van der Waals surface area contributed by atoms with Crippen molar-refractivity contribution in [2.75, 3.05) is 4.98 Å². The predicted octanol–water partition coefficient (Wildman–Crippen LogP) is 3.21. The normalized spacial score (nSPS) is 10.6. The molecule has 3 aromatic rings. The Labute approximate surface area is 128 Å². The Balaban J connectivity index is 1.95. The first-order valence-electron chi connectivity index (χ1n) is 7.14. The Morgan fingerprint density at radius 3 is 1.57 bits per heavy atom. The van der Waals surface area contributed by atoms with Crippen LogP contribution in [0.1, 0.15) is 5.56 Å². The fourth-order valence-corrected chi connectivity index (χ4v) is 4.43. The zero-order chi connectivity index (χ0) is 14.5. The molecule has 0 saturated carbocycles. The van der Waals surface area contributed by atoms with E-state index in [4.69, 9.17) is 0 Å². The summed E-state index contributed by atoms with van der Waals surface area (Å²) < 4.78 is 0. The number of nitrogens with one attached hydrogen (secondary N) is 1. The van der Waals surface area contributed by atoms with Crippen molar-refractivity contribution in [1.29, 1.82) is 0 Å². The van der Waals surface area contributed by atoms with E-state index >= 15 is 0 Å². The highest BCUT2D eigenvalue weighted by Crippen LogP contribution is 2.09. The zero-order valence-electron chi connectivity index (χ0n) is 12.1. The monoisotopic (exact) mass is 288 g/mol. The van der Waals surface area contributed by atoms with Gasteiger partial charge < -0.3 is 4.98 Å². The maximum atomic E-state index is 3.74. The maximum Gasteiger partial charge on any atom is 0.239 e. The quantitative estimate of drug-likeness (QED) is 0.727. The molecule has 1 N–H and O–H groups in total. The molecule has 0 aliphatic carbocycles. The third kappa shape index (κ3) is 3.41. The first-order chi connectivity index (χ1) is 10.3. The minimum absolute atomic E-state index is 1.01. The Morgan fingerprint density at radius 1 is 0.619 bits per heavy atom. The third-order valence-electron chi connectivity index (χ3n) is 3.45. The lowest BCUT2D eigenvalue weighted by Gasteiger charge is -2.18. The summed E-state index contributed by atoms with van der Waals surface area (Å²) in [6.07, 6.45) is 0. The van der Waals surface area contributed by atoms with Gasteiger partial charge >= 0.3 is 0 Å². The van der Waals surface area contributed by atoms with E-state index in [0.29, 0.717) is 0 Å². The lowest BCUT2D eigenvalue weighted by molar-refractivity contribution is 1.47. The van der Waals surface area contributed by atoms with Gasteiger partial charge in [0.15, 0.2) is 0 Å². The molecule has 0 spiro atoms. The van der Waals surface area contributed by atoms with Gasteiger partial charge in [0.05, 0.1) is 0 Å². The van der Waals surface area contributed by atoms with E-state index in [1.165, 1.54) is 21.6 Å². The lowest BCUT2D eigenvalue weighted by Crippen LogP contribution is -2.49. The van der Waals surface area contributed by atoms with Gasteiger partial charge in [-0.05, 0) is 29.4 Å². The maximum absolute atomic E-state index is 3.74. The van der Waals surface area contributed by atoms with E-state index < -0.39 is 8.96 Å². The van der Waals surface area contributed by atoms with Gasteiger partial charge in [-0.3, -0.25) is 0 Å². The highest BCUT2D eigenvalue weighted by atomic mass is 28.3. The number of anilines is 1. The third-order valence-corrected chi connectivity index (χ3v) is 5.81. The van der Waals surface area contributed by atoms with Gasteiger partial charge in [0.25, 0.3) is 0 Å². The minimum atomic E-state index is -1.01. The molecule has 0 fully saturated rings. The van der Waals surface area contributed by atoms with Crippen LogP contribution in [0.5, 0.6) is 0 Å². The fraction of sp³-hybridized carbons (Fsp3) is 0.0526. The van der Waals surface area contributed by atoms with Crippen molar-refractivity contribution < 1.29 is 0 Å². The zero-order valence-corrected chi connectivity index (χ0v) is 13.1. The van der Waals surface area contributed by atoms with Crippen molar-refractivity contribution in [2.45, 2.75) is 6.92 Å². The second kappa shape index (κ2) is 6.42. The van der Waals surface area contributed by atoms with Gasteiger partial charge in [-0.2, -0.15) is 0 Å². The second-order valence-corrected chi connectivity index (χ2v) is 7.25. The number of hydrogen-bond donors (Lipinski definition) is 1. The molecule has 1 nitrogen and oxygen atoms in total. The Hall–Kier alpha value is -2.32. The van der Waals surface area contributed by atoms with Crippen LogP contribution in [0.25, 0.3) is 0 Å². The highest BCUT2D eigenvalue weighted by Gasteiger charge is 2.17. The molecule has 103 valence electrons. The fourth-order valence-electron chi connectivity index (χ4n) is 2.30. The van der Waals surface area contributed by atoms with Crippen molar-refractivity contribution in [1.82, 2.24) is 0 Å². The number of rotatable bonds is 4. The second-order valence-electron chi connectivity index (χ2n) is 5.10. The molecular weight excluding hydrogens is 270 g/mol. The van der Waals surface area contributed by atoms with Gasteiger partial charge in [0.1, 0.15) is 0 Å². The topological polar surface area (TPSA) is 12.0 Å². The first-order valence-corrected chi connectivity index (χ1v) is 8.64. The van der Waals surface area contributed by atoms with Crippen LogP contribution in [0.2, 0.25) is 0 Å². The summed E-state index contributed by atoms with van der Waals surface area (Å²) >= 11 is 0. The van der Waals surface area contributed by atoms with E-state index in [2.05, 4.69) is 96.8 Å². The van der Waals surface area contributed by atoms with Gasteiger partial charge in [-0.1, -0.05) is 78.4 Å². The standard InChI is InChI=1S/C19H18NSi/c1-16-12-14-17(15-13-16)20-21(18-8-4-2-5-9-18)19-10-6-3-7-11-19/h2-15,20H,1H3. The van der Waals surface area contributed by atoms with Crippen molar-refractivity contribution >= 4 is 25.0 Å². The van der Waals surface area contributed by atoms with Gasteiger partial charge in [0.2, 0.25) is 8.96 Å². The summed E-state index contributed by atoms with van der Waals surface area (Å²) in [4.78, 5) is 3.74. The molecule has 0 saturated heterocycles. The van der Waals surface area contributed by atoms with Crippen molar-refractivity contribution in [3.8, 4) is 0 Å². The summed E-state index contributed by atoms with van der Waals surface area (Å²) in [5, 5.41) is 2.74. The van der Waals surface area contributed by atoms with Crippen molar-refractivity contribution in [3.63, 3.8) is 0 Å². The minimum Gasteiger partial charge on any atom is -0.404 e. The Bertz CT molecular complexity index is 638. The number of hydrogen-bond acceptors (Lipinski definition) is 1. The molecule has 0 amide bonds. The molecule has 0 atom stereocenters. The van der Waals surface area contributed by atoms with Crippen LogP contribution in [-0.2, 0) is 0 Å². The van der Waals surface area contributed by atoms with E-state index in [0.717, 1.165) is 0 Å². The van der Waals surface area contributed by atoms with Crippen LogP contribution in [0.3, 0.4) is 0 Å². The molecule has 21 heavy (non-hydrogen) atoms. The molecule has 3 rings (SSSR count). The molecule has 0 aliphatic heterocycles. The van der Waals surface area contributed by atoms with Crippen LogP contribution < -0.4 is 15.4 Å². The highest BCUT2D eigenvalue weighted by molar-refractivity contribution is 6.87. The lowest BCUT2D eigenvalue weighted by atomic mass is 10.2.